The van der Waals surface area contributed by atoms with Gasteiger partial charge in [-0.3, -0.25) is 10.1 Å². The van der Waals surface area contributed by atoms with Crippen molar-refractivity contribution in [3.8, 4) is 0 Å². The fourth-order valence-corrected chi connectivity index (χ4v) is 1.26. The Hall–Kier alpha value is -1.95. The summed E-state index contributed by atoms with van der Waals surface area (Å²) in [7, 11) is 1.53. The molecule has 0 aliphatic rings. The summed E-state index contributed by atoms with van der Waals surface area (Å²) in [5.41, 5.74) is 0.990. The van der Waals surface area contributed by atoms with Gasteiger partial charge < -0.3 is 9.15 Å². The second kappa shape index (κ2) is 3.66. The lowest BCUT2D eigenvalue weighted by molar-refractivity contribution is -0.384. The molecule has 0 unspecified atom stereocenters. The molecule has 0 amide bonds. The number of rotatable bonds is 3. The monoisotopic (exact) mass is 208 g/mol. The number of hydrogen-bond donors (Lipinski definition) is 0. The first-order valence-electron chi connectivity index (χ1n) is 4.23. The molecule has 2 rings (SSSR count). The van der Waals surface area contributed by atoms with Crippen molar-refractivity contribution in [3.63, 3.8) is 0 Å². The van der Waals surface area contributed by atoms with Gasteiger partial charge in [0.2, 0.25) is 5.89 Å². The topological polar surface area (TPSA) is 78.4 Å². The van der Waals surface area contributed by atoms with Crippen molar-refractivity contribution in [3.05, 3.63) is 34.2 Å². The predicted octanol–water partition coefficient (Wildman–Crippen LogP) is 1.88. The van der Waals surface area contributed by atoms with Gasteiger partial charge in [0.1, 0.15) is 12.1 Å². The molecule has 1 aromatic carbocycles. The molecule has 0 bridgehead atoms. The second-order valence-electron chi connectivity index (χ2n) is 2.95. The van der Waals surface area contributed by atoms with Gasteiger partial charge in [-0.1, -0.05) is 0 Å². The predicted molar refractivity (Wildman–Crippen MR) is 51.4 cm³/mol. The van der Waals surface area contributed by atoms with Crippen molar-refractivity contribution in [2.24, 2.45) is 0 Å². The van der Waals surface area contributed by atoms with E-state index in [-0.39, 0.29) is 12.3 Å². The lowest BCUT2D eigenvalue weighted by Gasteiger charge is -1.88. The number of nitro groups is 1. The Balaban J connectivity index is 2.47. The SMILES string of the molecule is COCc1nc2cc([N+](=O)[O-])ccc2o1. The number of nitro benzene ring substituents is 1. The van der Waals surface area contributed by atoms with Crippen LogP contribution in [0.25, 0.3) is 11.1 Å². The molecule has 0 spiro atoms. The molecule has 2 aromatic rings. The van der Waals surface area contributed by atoms with E-state index in [1.165, 1.54) is 25.3 Å². The number of hydrogen-bond acceptors (Lipinski definition) is 5. The van der Waals surface area contributed by atoms with Gasteiger partial charge in [0, 0.05) is 19.2 Å². The standard InChI is InChI=1S/C9H8N2O4/c1-14-5-9-10-7-4-6(11(12)13)2-3-8(7)15-9/h2-4H,5H2,1H3. The number of nitrogens with zero attached hydrogens (tertiary/aromatic N) is 2. The minimum Gasteiger partial charge on any atom is -0.438 e. The summed E-state index contributed by atoms with van der Waals surface area (Å²) in [5, 5.41) is 10.5. The number of non-ortho nitro benzene ring substituents is 1. The maximum Gasteiger partial charge on any atom is 0.271 e. The van der Waals surface area contributed by atoms with E-state index in [1.807, 2.05) is 0 Å². The van der Waals surface area contributed by atoms with E-state index in [1.54, 1.807) is 0 Å². The van der Waals surface area contributed by atoms with Gasteiger partial charge in [0.15, 0.2) is 5.58 Å². The van der Waals surface area contributed by atoms with Crippen molar-refractivity contribution in [2.75, 3.05) is 7.11 Å². The lowest BCUT2D eigenvalue weighted by Crippen LogP contribution is -1.87. The van der Waals surface area contributed by atoms with Gasteiger partial charge in [0.25, 0.3) is 5.69 Å². The fourth-order valence-electron chi connectivity index (χ4n) is 1.26. The fraction of sp³-hybridized carbons (Fsp3) is 0.222. The molecule has 0 saturated heterocycles. The van der Waals surface area contributed by atoms with Crippen LogP contribution >= 0.6 is 0 Å². The summed E-state index contributed by atoms with van der Waals surface area (Å²) < 4.78 is 10.1. The Morgan fingerprint density at radius 1 is 1.60 bits per heavy atom. The molecule has 0 N–H and O–H groups in total. The summed E-state index contributed by atoms with van der Waals surface area (Å²) in [6.07, 6.45) is 0. The molecule has 6 heteroatoms. The third kappa shape index (κ3) is 1.79. The van der Waals surface area contributed by atoms with Crippen LogP contribution in [0.3, 0.4) is 0 Å². The summed E-state index contributed by atoms with van der Waals surface area (Å²) in [4.78, 5) is 14.1. The summed E-state index contributed by atoms with van der Waals surface area (Å²) in [6.45, 7) is 0.252. The zero-order chi connectivity index (χ0) is 10.8. The largest absolute Gasteiger partial charge is 0.438 e. The molecule has 0 aliphatic heterocycles. The highest BCUT2D eigenvalue weighted by molar-refractivity contribution is 5.75. The number of benzene rings is 1. The van der Waals surface area contributed by atoms with Crippen LogP contribution in [-0.4, -0.2) is 17.0 Å². The molecule has 0 atom stereocenters. The molecule has 1 aromatic heterocycles. The van der Waals surface area contributed by atoms with Crippen LogP contribution in [0.5, 0.6) is 0 Å². The van der Waals surface area contributed by atoms with E-state index in [0.29, 0.717) is 17.0 Å². The Morgan fingerprint density at radius 2 is 2.40 bits per heavy atom. The summed E-state index contributed by atoms with van der Waals surface area (Å²) in [6, 6.07) is 4.28. The first kappa shape index (κ1) is 9.60. The Labute approximate surface area is 84.6 Å². The minimum atomic E-state index is -0.468. The zero-order valence-electron chi connectivity index (χ0n) is 7.97. The van der Waals surface area contributed by atoms with E-state index in [9.17, 15) is 10.1 Å². The average Bonchev–Trinajstić information content (AvgIpc) is 2.59. The van der Waals surface area contributed by atoms with Crippen LogP contribution in [0.1, 0.15) is 5.89 Å². The maximum atomic E-state index is 10.5. The number of methoxy groups -OCH3 is 1. The van der Waals surface area contributed by atoms with Crippen molar-refractivity contribution >= 4 is 16.8 Å². The van der Waals surface area contributed by atoms with E-state index in [0.717, 1.165) is 0 Å². The quantitative estimate of drug-likeness (QED) is 0.568. The van der Waals surface area contributed by atoms with Gasteiger partial charge in [-0.25, -0.2) is 4.98 Å². The van der Waals surface area contributed by atoms with Crippen molar-refractivity contribution in [1.82, 2.24) is 4.98 Å². The Kier molecular flexibility index (Phi) is 2.34. The highest BCUT2D eigenvalue weighted by Gasteiger charge is 2.10. The number of fused-ring (bicyclic) bond motifs is 1. The van der Waals surface area contributed by atoms with Crippen molar-refractivity contribution in [1.29, 1.82) is 0 Å². The minimum absolute atomic E-state index is 0.000216. The normalized spacial score (nSPS) is 10.7. The molecular formula is C9H8N2O4. The smallest absolute Gasteiger partial charge is 0.271 e. The molecule has 6 nitrogen and oxygen atoms in total. The number of ether oxygens (including phenoxy) is 1. The molecule has 0 radical (unpaired) electrons. The lowest BCUT2D eigenvalue weighted by atomic mass is 10.3. The second-order valence-corrected chi connectivity index (χ2v) is 2.95. The van der Waals surface area contributed by atoms with E-state index >= 15 is 0 Å². The highest BCUT2D eigenvalue weighted by Crippen LogP contribution is 2.21. The van der Waals surface area contributed by atoms with Crippen LogP contribution < -0.4 is 0 Å². The van der Waals surface area contributed by atoms with Crippen LogP contribution in [0.4, 0.5) is 5.69 Å². The number of aromatic nitrogens is 1. The summed E-state index contributed by atoms with van der Waals surface area (Å²) >= 11 is 0. The van der Waals surface area contributed by atoms with E-state index in [4.69, 9.17) is 9.15 Å². The molecule has 15 heavy (non-hydrogen) atoms. The third-order valence-corrected chi connectivity index (χ3v) is 1.89. The molecule has 0 aliphatic carbocycles. The molecular weight excluding hydrogens is 200 g/mol. The van der Waals surface area contributed by atoms with Crippen LogP contribution in [0.15, 0.2) is 22.6 Å². The molecule has 1 heterocycles. The van der Waals surface area contributed by atoms with Gasteiger partial charge >= 0.3 is 0 Å². The van der Waals surface area contributed by atoms with Gasteiger partial charge in [0.05, 0.1) is 4.92 Å². The zero-order valence-corrected chi connectivity index (χ0v) is 7.97. The Bertz CT molecular complexity index is 506. The van der Waals surface area contributed by atoms with Crippen molar-refractivity contribution < 1.29 is 14.1 Å². The van der Waals surface area contributed by atoms with Crippen LogP contribution in [-0.2, 0) is 11.3 Å². The van der Waals surface area contributed by atoms with Crippen molar-refractivity contribution in [2.45, 2.75) is 6.61 Å². The molecule has 0 saturated carbocycles. The van der Waals surface area contributed by atoms with Crippen LogP contribution in [0, 0.1) is 10.1 Å². The highest BCUT2D eigenvalue weighted by atomic mass is 16.6. The van der Waals surface area contributed by atoms with Gasteiger partial charge in [-0.05, 0) is 6.07 Å². The summed E-state index contributed by atoms with van der Waals surface area (Å²) in [5.74, 6) is 0.410. The van der Waals surface area contributed by atoms with Crippen LogP contribution in [0.2, 0.25) is 0 Å². The maximum absolute atomic E-state index is 10.5. The van der Waals surface area contributed by atoms with E-state index < -0.39 is 4.92 Å². The Morgan fingerprint density at radius 3 is 3.07 bits per heavy atom. The average molecular weight is 208 g/mol. The van der Waals surface area contributed by atoms with E-state index in [2.05, 4.69) is 4.98 Å². The first-order valence-corrected chi connectivity index (χ1v) is 4.23. The molecule has 0 fully saturated rings. The van der Waals surface area contributed by atoms with Gasteiger partial charge in [-0.15, -0.1) is 0 Å². The van der Waals surface area contributed by atoms with Gasteiger partial charge in [-0.2, -0.15) is 0 Å². The first-order chi connectivity index (χ1) is 7.20. The molecule has 78 valence electrons. The third-order valence-electron chi connectivity index (χ3n) is 1.89. The number of oxazole rings is 1.